The molecule has 0 aliphatic heterocycles. The van der Waals surface area contributed by atoms with Crippen LogP contribution in [0.15, 0.2) is 54.6 Å². The fraction of sp³-hybridized carbons (Fsp3) is 0.158. The highest BCUT2D eigenvalue weighted by Gasteiger charge is 2.06. The van der Waals surface area contributed by atoms with Crippen LogP contribution in [0.3, 0.4) is 0 Å². The summed E-state index contributed by atoms with van der Waals surface area (Å²) in [5, 5.41) is 7.31. The number of halogens is 1. The molecule has 5 heteroatoms. The predicted octanol–water partition coefficient (Wildman–Crippen LogP) is 5.10. The first-order valence-corrected chi connectivity index (χ1v) is 8.15. The highest BCUT2D eigenvalue weighted by molar-refractivity contribution is 6.31. The Morgan fingerprint density at radius 2 is 1.75 bits per heavy atom. The van der Waals surface area contributed by atoms with Crippen molar-refractivity contribution < 1.29 is 0 Å². The molecule has 0 bridgehead atoms. The van der Waals surface area contributed by atoms with Crippen LogP contribution in [0.5, 0.6) is 0 Å². The first-order chi connectivity index (χ1) is 11.6. The molecule has 1 aromatic heterocycles. The van der Waals surface area contributed by atoms with E-state index in [2.05, 4.69) is 32.7 Å². The van der Waals surface area contributed by atoms with Crippen molar-refractivity contribution in [3.63, 3.8) is 0 Å². The number of nitrogens with zero attached hydrogens (tertiary/aromatic N) is 2. The normalized spacial score (nSPS) is 10.5. The van der Waals surface area contributed by atoms with E-state index in [0.29, 0.717) is 12.5 Å². The number of nitrogens with one attached hydrogen (secondary N) is 2. The molecular weight excluding hydrogens is 320 g/mol. The van der Waals surface area contributed by atoms with Crippen molar-refractivity contribution in [2.45, 2.75) is 20.4 Å². The van der Waals surface area contributed by atoms with Crippen molar-refractivity contribution in [2.24, 2.45) is 0 Å². The molecule has 0 saturated carbocycles. The monoisotopic (exact) mass is 338 g/mol. The van der Waals surface area contributed by atoms with Crippen LogP contribution in [0.4, 0.5) is 17.5 Å². The standard InChI is InChI=1S/C19H19ClN4/c1-13-11-18(23-17-10-6-9-16(20)14(17)2)24-19(22-13)21-12-15-7-4-3-5-8-15/h3-11H,12H2,1-2H3,(H2,21,22,23,24). The molecule has 0 saturated heterocycles. The van der Waals surface area contributed by atoms with Gasteiger partial charge >= 0.3 is 0 Å². The Kier molecular flexibility index (Phi) is 4.96. The van der Waals surface area contributed by atoms with E-state index < -0.39 is 0 Å². The number of aryl methyl sites for hydroxylation is 1. The molecule has 0 radical (unpaired) electrons. The third-order valence-electron chi connectivity index (χ3n) is 3.68. The molecule has 0 aliphatic rings. The van der Waals surface area contributed by atoms with Gasteiger partial charge in [0.25, 0.3) is 0 Å². The van der Waals surface area contributed by atoms with Crippen LogP contribution >= 0.6 is 11.6 Å². The van der Waals surface area contributed by atoms with Gasteiger partial charge < -0.3 is 10.6 Å². The number of anilines is 3. The Bertz CT molecular complexity index is 834. The lowest BCUT2D eigenvalue weighted by molar-refractivity contribution is 1.03. The third kappa shape index (κ3) is 4.03. The summed E-state index contributed by atoms with van der Waals surface area (Å²) in [5.41, 5.74) is 4.01. The summed E-state index contributed by atoms with van der Waals surface area (Å²) in [6, 6.07) is 17.9. The van der Waals surface area contributed by atoms with Crippen molar-refractivity contribution in [3.05, 3.63) is 76.4 Å². The lowest BCUT2D eigenvalue weighted by Gasteiger charge is -2.12. The summed E-state index contributed by atoms with van der Waals surface area (Å²) < 4.78 is 0. The zero-order valence-corrected chi connectivity index (χ0v) is 14.4. The second kappa shape index (κ2) is 7.32. The van der Waals surface area contributed by atoms with Crippen LogP contribution in [-0.4, -0.2) is 9.97 Å². The van der Waals surface area contributed by atoms with Crippen molar-refractivity contribution in [2.75, 3.05) is 10.6 Å². The van der Waals surface area contributed by atoms with Gasteiger partial charge in [-0.15, -0.1) is 0 Å². The van der Waals surface area contributed by atoms with E-state index in [1.54, 1.807) is 0 Å². The van der Waals surface area contributed by atoms with Gasteiger partial charge in [-0.3, -0.25) is 0 Å². The maximum absolute atomic E-state index is 6.18. The van der Waals surface area contributed by atoms with Crippen LogP contribution < -0.4 is 10.6 Å². The van der Waals surface area contributed by atoms with Gasteiger partial charge in [-0.05, 0) is 37.1 Å². The van der Waals surface area contributed by atoms with E-state index in [9.17, 15) is 0 Å². The number of benzene rings is 2. The molecule has 3 rings (SSSR count). The smallest absolute Gasteiger partial charge is 0.225 e. The molecule has 0 spiro atoms. The second-order valence-corrected chi connectivity index (χ2v) is 6.00. The Morgan fingerprint density at radius 3 is 2.54 bits per heavy atom. The van der Waals surface area contributed by atoms with Crippen LogP contribution in [-0.2, 0) is 6.54 Å². The fourth-order valence-corrected chi connectivity index (χ4v) is 2.54. The second-order valence-electron chi connectivity index (χ2n) is 5.59. The highest BCUT2D eigenvalue weighted by atomic mass is 35.5. The number of hydrogen-bond donors (Lipinski definition) is 2. The minimum Gasteiger partial charge on any atom is -0.350 e. The molecule has 2 N–H and O–H groups in total. The maximum Gasteiger partial charge on any atom is 0.225 e. The van der Waals surface area contributed by atoms with Crippen molar-refractivity contribution in [1.29, 1.82) is 0 Å². The van der Waals surface area contributed by atoms with Gasteiger partial charge in [0.15, 0.2) is 0 Å². The van der Waals surface area contributed by atoms with Gasteiger partial charge in [-0.25, -0.2) is 4.98 Å². The van der Waals surface area contributed by atoms with Gasteiger partial charge in [-0.1, -0.05) is 48.0 Å². The molecule has 0 fully saturated rings. The predicted molar refractivity (Wildman–Crippen MR) is 100 cm³/mol. The lowest BCUT2D eigenvalue weighted by Crippen LogP contribution is -2.06. The summed E-state index contributed by atoms with van der Waals surface area (Å²) in [6.07, 6.45) is 0. The molecule has 3 aromatic rings. The van der Waals surface area contributed by atoms with Crippen LogP contribution in [0.2, 0.25) is 5.02 Å². The topological polar surface area (TPSA) is 49.8 Å². The van der Waals surface area contributed by atoms with Gasteiger partial charge in [-0.2, -0.15) is 4.98 Å². The average molecular weight is 339 g/mol. The van der Waals surface area contributed by atoms with Crippen LogP contribution in [0, 0.1) is 13.8 Å². The van der Waals surface area contributed by atoms with E-state index in [1.807, 2.05) is 56.3 Å². The van der Waals surface area contributed by atoms with Crippen LogP contribution in [0.1, 0.15) is 16.8 Å². The molecule has 0 amide bonds. The van der Waals surface area contributed by atoms with Gasteiger partial charge in [0.05, 0.1) is 0 Å². The van der Waals surface area contributed by atoms with Crippen molar-refractivity contribution in [3.8, 4) is 0 Å². The fourth-order valence-electron chi connectivity index (χ4n) is 2.37. The number of aromatic nitrogens is 2. The SMILES string of the molecule is Cc1cc(Nc2cccc(Cl)c2C)nc(NCc2ccccc2)n1. The zero-order valence-electron chi connectivity index (χ0n) is 13.7. The van der Waals surface area contributed by atoms with Crippen molar-refractivity contribution >= 4 is 29.1 Å². The Labute approximate surface area is 146 Å². The Balaban J connectivity index is 1.77. The third-order valence-corrected chi connectivity index (χ3v) is 4.09. The number of hydrogen-bond acceptors (Lipinski definition) is 4. The summed E-state index contributed by atoms with van der Waals surface area (Å²) in [7, 11) is 0. The summed E-state index contributed by atoms with van der Waals surface area (Å²) in [5.74, 6) is 1.34. The van der Waals surface area contributed by atoms with E-state index in [0.717, 1.165) is 27.8 Å². The minimum absolute atomic E-state index is 0.598. The molecule has 0 aliphatic carbocycles. The van der Waals surface area contributed by atoms with Crippen LogP contribution in [0.25, 0.3) is 0 Å². The summed E-state index contributed by atoms with van der Waals surface area (Å²) in [4.78, 5) is 8.98. The Morgan fingerprint density at radius 1 is 0.958 bits per heavy atom. The van der Waals surface area contributed by atoms with Gasteiger partial charge in [0.2, 0.25) is 5.95 Å². The molecule has 2 aromatic carbocycles. The molecular formula is C19H19ClN4. The number of rotatable bonds is 5. The quantitative estimate of drug-likeness (QED) is 0.679. The maximum atomic E-state index is 6.18. The first kappa shape index (κ1) is 16.3. The van der Waals surface area contributed by atoms with E-state index in [-0.39, 0.29) is 0 Å². The Hall–Kier alpha value is -2.59. The molecule has 24 heavy (non-hydrogen) atoms. The van der Waals surface area contributed by atoms with E-state index >= 15 is 0 Å². The first-order valence-electron chi connectivity index (χ1n) is 7.77. The van der Waals surface area contributed by atoms with Gasteiger partial charge in [0.1, 0.15) is 5.82 Å². The molecule has 1 heterocycles. The molecule has 122 valence electrons. The highest BCUT2D eigenvalue weighted by Crippen LogP contribution is 2.26. The molecule has 0 unspecified atom stereocenters. The zero-order chi connectivity index (χ0) is 16.9. The summed E-state index contributed by atoms with van der Waals surface area (Å²) in [6.45, 7) is 4.61. The van der Waals surface area contributed by atoms with E-state index in [4.69, 9.17) is 11.6 Å². The lowest BCUT2D eigenvalue weighted by atomic mass is 10.2. The largest absolute Gasteiger partial charge is 0.350 e. The van der Waals surface area contributed by atoms with Crippen molar-refractivity contribution in [1.82, 2.24) is 9.97 Å². The molecule has 0 atom stereocenters. The average Bonchev–Trinajstić information content (AvgIpc) is 2.58. The van der Waals surface area contributed by atoms with E-state index in [1.165, 1.54) is 5.56 Å². The minimum atomic E-state index is 0.598. The summed E-state index contributed by atoms with van der Waals surface area (Å²) >= 11 is 6.18. The van der Waals surface area contributed by atoms with Gasteiger partial charge in [0, 0.05) is 29.0 Å². The molecule has 4 nitrogen and oxygen atoms in total.